The quantitative estimate of drug-likeness (QED) is 0.793. The van der Waals surface area contributed by atoms with Crippen LogP contribution in [0.4, 0.5) is 5.69 Å². The topological polar surface area (TPSA) is 84.5 Å². The molecule has 0 aliphatic carbocycles. The minimum atomic E-state index is -3.71. The van der Waals surface area contributed by atoms with Gasteiger partial charge in [0.25, 0.3) is 15.9 Å². The molecule has 6 nitrogen and oxygen atoms in total. The number of hydrogen-bond acceptors (Lipinski definition) is 4. The summed E-state index contributed by atoms with van der Waals surface area (Å²) in [5.74, 6) is -0.275. The van der Waals surface area contributed by atoms with E-state index in [0.29, 0.717) is 23.4 Å². The molecule has 0 fully saturated rings. The van der Waals surface area contributed by atoms with Crippen molar-refractivity contribution < 1.29 is 17.9 Å². The lowest BCUT2D eigenvalue weighted by atomic mass is 10.1. The highest BCUT2D eigenvalue weighted by Crippen LogP contribution is 2.22. The van der Waals surface area contributed by atoms with Gasteiger partial charge in [-0.1, -0.05) is 24.3 Å². The summed E-state index contributed by atoms with van der Waals surface area (Å²) in [5.41, 5.74) is 1.34. The van der Waals surface area contributed by atoms with E-state index in [9.17, 15) is 13.2 Å². The van der Waals surface area contributed by atoms with Gasteiger partial charge in [-0.05, 0) is 43.7 Å². The molecule has 0 spiro atoms. The first-order chi connectivity index (χ1) is 11.8. The van der Waals surface area contributed by atoms with E-state index in [2.05, 4.69) is 10.0 Å². The molecule has 0 saturated carbocycles. The number of methoxy groups -OCH3 is 1. The molecule has 2 aromatic rings. The van der Waals surface area contributed by atoms with Gasteiger partial charge in [0.2, 0.25) is 0 Å². The number of anilines is 1. The lowest BCUT2D eigenvalue weighted by Crippen LogP contribution is -2.36. The highest BCUT2D eigenvalue weighted by Gasteiger charge is 2.18. The summed E-state index contributed by atoms with van der Waals surface area (Å²) in [6.07, 6.45) is 0. The first-order valence-electron chi connectivity index (χ1n) is 7.82. The van der Waals surface area contributed by atoms with E-state index < -0.39 is 10.0 Å². The van der Waals surface area contributed by atoms with E-state index in [1.807, 2.05) is 6.92 Å². The smallest absolute Gasteiger partial charge is 0.261 e. The van der Waals surface area contributed by atoms with Crippen LogP contribution in [-0.4, -0.2) is 34.1 Å². The third-order valence-corrected chi connectivity index (χ3v) is 5.05. The Kier molecular flexibility index (Phi) is 6.17. The molecule has 25 heavy (non-hydrogen) atoms. The van der Waals surface area contributed by atoms with Crippen molar-refractivity contribution in [3.8, 4) is 0 Å². The number of sulfonamides is 1. The molecule has 2 rings (SSSR count). The summed E-state index contributed by atoms with van der Waals surface area (Å²) in [6, 6.07) is 12.9. The van der Waals surface area contributed by atoms with Gasteiger partial charge in [-0.25, -0.2) is 8.42 Å². The molecule has 2 N–H and O–H groups in total. The second-order valence-corrected chi connectivity index (χ2v) is 7.41. The van der Waals surface area contributed by atoms with Gasteiger partial charge in [0, 0.05) is 18.7 Å². The van der Waals surface area contributed by atoms with Crippen LogP contribution in [-0.2, 0) is 14.8 Å². The highest BCUT2D eigenvalue weighted by molar-refractivity contribution is 7.92. The zero-order valence-corrected chi connectivity index (χ0v) is 15.3. The third-order valence-electron chi connectivity index (χ3n) is 3.67. The normalized spacial score (nSPS) is 12.4. The standard InChI is InChI=1S/C18H22N2O4S/c1-13(12-24-3)19-18(21)16-10-7-11-17(14(16)2)20-25(22,23)15-8-5-4-6-9-15/h4-11,13,20H,12H2,1-3H3,(H,19,21)/t13-/m0/s1. The van der Waals surface area contributed by atoms with Crippen LogP contribution >= 0.6 is 0 Å². The highest BCUT2D eigenvalue weighted by atomic mass is 32.2. The van der Waals surface area contributed by atoms with Gasteiger partial charge in [-0.3, -0.25) is 9.52 Å². The molecule has 1 atom stereocenters. The summed E-state index contributed by atoms with van der Waals surface area (Å²) < 4.78 is 32.5. The summed E-state index contributed by atoms with van der Waals surface area (Å²) in [4.78, 5) is 12.6. The zero-order valence-electron chi connectivity index (χ0n) is 14.4. The Bertz CT molecular complexity index is 835. The van der Waals surface area contributed by atoms with Crippen LogP contribution in [0.2, 0.25) is 0 Å². The third kappa shape index (κ3) is 4.80. The number of benzene rings is 2. The number of hydrogen-bond donors (Lipinski definition) is 2. The van der Waals surface area contributed by atoms with Crippen molar-refractivity contribution in [2.75, 3.05) is 18.4 Å². The van der Waals surface area contributed by atoms with Gasteiger partial charge in [0.15, 0.2) is 0 Å². The maximum atomic E-state index is 12.5. The fourth-order valence-electron chi connectivity index (χ4n) is 2.39. The number of rotatable bonds is 7. The molecule has 0 aliphatic heterocycles. The number of amides is 1. The van der Waals surface area contributed by atoms with Gasteiger partial charge in [-0.2, -0.15) is 0 Å². The van der Waals surface area contributed by atoms with Crippen molar-refractivity contribution in [1.82, 2.24) is 5.32 Å². The number of carbonyl (C=O) groups is 1. The Balaban J connectivity index is 2.25. The Labute approximate surface area is 148 Å². The Hall–Kier alpha value is -2.38. The van der Waals surface area contributed by atoms with Crippen molar-refractivity contribution in [2.45, 2.75) is 24.8 Å². The van der Waals surface area contributed by atoms with Crippen molar-refractivity contribution in [3.05, 3.63) is 59.7 Å². The van der Waals surface area contributed by atoms with Crippen LogP contribution in [0.3, 0.4) is 0 Å². The molecule has 2 aromatic carbocycles. The second kappa shape index (κ2) is 8.13. The van der Waals surface area contributed by atoms with E-state index in [1.54, 1.807) is 50.4 Å². The van der Waals surface area contributed by atoms with Crippen LogP contribution in [0.25, 0.3) is 0 Å². The lowest BCUT2D eigenvalue weighted by molar-refractivity contribution is 0.0905. The molecule has 0 saturated heterocycles. The molecule has 1 amide bonds. The average Bonchev–Trinajstić information content (AvgIpc) is 2.57. The number of carbonyl (C=O) groups excluding carboxylic acids is 1. The van der Waals surface area contributed by atoms with Crippen molar-refractivity contribution >= 4 is 21.6 Å². The summed E-state index contributed by atoms with van der Waals surface area (Å²) in [5, 5.41) is 2.82. The SMILES string of the molecule is COC[C@H](C)NC(=O)c1cccc(NS(=O)(=O)c2ccccc2)c1C. The maximum absolute atomic E-state index is 12.5. The molecule has 134 valence electrons. The Morgan fingerprint density at radius 3 is 2.44 bits per heavy atom. The minimum Gasteiger partial charge on any atom is -0.383 e. The van der Waals surface area contributed by atoms with E-state index in [0.717, 1.165) is 0 Å². The van der Waals surface area contributed by atoms with E-state index in [4.69, 9.17) is 4.74 Å². The predicted molar refractivity (Wildman–Crippen MR) is 97.2 cm³/mol. The Morgan fingerprint density at radius 2 is 1.80 bits per heavy atom. The fraction of sp³-hybridized carbons (Fsp3) is 0.278. The van der Waals surface area contributed by atoms with E-state index in [-0.39, 0.29) is 16.8 Å². The maximum Gasteiger partial charge on any atom is 0.261 e. The molecule has 0 aliphatic rings. The van der Waals surface area contributed by atoms with Gasteiger partial charge in [0.1, 0.15) is 0 Å². The minimum absolute atomic E-state index is 0.151. The van der Waals surface area contributed by atoms with Crippen LogP contribution in [0.1, 0.15) is 22.8 Å². The average molecular weight is 362 g/mol. The van der Waals surface area contributed by atoms with Gasteiger partial charge in [-0.15, -0.1) is 0 Å². The van der Waals surface area contributed by atoms with Crippen LogP contribution < -0.4 is 10.0 Å². The molecular formula is C18H22N2O4S. The first-order valence-corrected chi connectivity index (χ1v) is 9.30. The van der Waals surface area contributed by atoms with Crippen molar-refractivity contribution in [2.24, 2.45) is 0 Å². The van der Waals surface area contributed by atoms with Crippen molar-refractivity contribution in [3.63, 3.8) is 0 Å². The van der Waals surface area contributed by atoms with Crippen molar-refractivity contribution in [1.29, 1.82) is 0 Å². The largest absolute Gasteiger partial charge is 0.383 e. The monoisotopic (exact) mass is 362 g/mol. The molecule has 0 bridgehead atoms. The Morgan fingerprint density at radius 1 is 1.12 bits per heavy atom. The van der Waals surface area contributed by atoms with E-state index >= 15 is 0 Å². The molecule has 0 unspecified atom stereocenters. The lowest BCUT2D eigenvalue weighted by Gasteiger charge is -2.16. The predicted octanol–water partition coefficient (Wildman–Crippen LogP) is 2.56. The summed E-state index contributed by atoms with van der Waals surface area (Å²) in [6.45, 7) is 3.93. The molecule has 7 heteroatoms. The van der Waals surface area contributed by atoms with Crippen LogP contribution in [0, 0.1) is 6.92 Å². The summed E-state index contributed by atoms with van der Waals surface area (Å²) in [7, 11) is -2.15. The molecule has 0 aromatic heterocycles. The molecular weight excluding hydrogens is 340 g/mol. The van der Waals surface area contributed by atoms with Gasteiger partial charge >= 0.3 is 0 Å². The van der Waals surface area contributed by atoms with Crippen LogP contribution in [0.15, 0.2) is 53.4 Å². The van der Waals surface area contributed by atoms with Gasteiger partial charge in [0.05, 0.1) is 17.2 Å². The van der Waals surface area contributed by atoms with Gasteiger partial charge < -0.3 is 10.1 Å². The first kappa shape index (κ1) is 19.0. The fourth-order valence-corrected chi connectivity index (χ4v) is 3.53. The molecule has 0 heterocycles. The zero-order chi connectivity index (χ0) is 18.4. The number of ether oxygens (including phenoxy) is 1. The van der Waals surface area contributed by atoms with Crippen LogP contribution in [0.5, 0.6) is 0 Å². The number of nitrogens with one attached hydrogen (secondary N) is 2. The summed E-state index contributed by atoms with van der Waals surface area (Å²) >= 11 is 0. The molecule has 0 radical (unpaired) electrons. The van der Waals surface area contributed by atoms with E-state index in [1.165, 1.54) is 12.1 Å². The second-order valence-electron chi connectivity index (χ2n) is 5.73.